The van der Waals surface area contributed by atoms with Gasteiger partial charge < -0.3 is 9.47 Å². The second-order valence-corrected chi connectivity index (χ2v) is 15.3. The maximum atomic E-state index is 5.57. The Hall–Kier alpha value is -1.88. The fourth-order valence-corrected chi connectivity index (χ4v) is 3.19. The molecule has 0 saturated heterocycles. The van der Waals surface area contributed by atoms with E-state index in [1.54, 1.807) is 14.2 Å². The Morgan fingerprint density at radius 2 is 0.962 bits per heavy atom. The largest absolute Gasteiger partial charge is 0.495 e. The topological polar surface area (TPSA) is 18.5 Å². The minimum atomic E-state index is -0.934. The lowest BCUT2D eigenvalue weighted by Crippen LogP contribution is -1.95. The molecule has 0 heterocycles. The number of ether oxygens (including phenoxy) is 2. The molecule has 2 aromatic carbocycles. The van der Waals surface area contributed by atoms with Crippen molar-refractivity contribution in [3.63, 3.8) is 0 Å². The van der Waals surface area contributed by atoms with Crippen LogP contribution >= 0.6 is 20.1 Å². The molecule has 0 aromatic heterocycles. The van der Waals surface area contributed by atoms with Crippen LogP contribution in [0.4, 0.5) is 0 Å². The van der Waals surface area contributed by atoms with Crippen molar-refractivity contribution in [2.24, 2.45) is 0 Å². The Morgan fingerprint density at radius 3 is 1.23 bits per heavy atom. The van der Waals surface area contributed by atoms with Gasteiger partial charge in [-0.1, -0.05) is 11.8 Å². The van der Waals surface area contributed by atoms with Crippen molar-refractivity contribution in [1.82, 2.24) is 0 Å². The normalized spacial score (nSPS) is 12.5. The summed E-state index contributed by atoms with van der Waals surface area (Å²) in [5.41, 5.74) is 1.84. The van der Waals surface area contributed by atoms with Gasteiger partial charge >= 0.3 is 0 Å². The zero-order chi connectivity index (χ0) is 19.5. The van der Waals surface area contributed by atoms with Crippen LogP contribution in [0.1, 0.15) is 11.1 Å². The highest BCUT2D eigenvalue weighted by molar-refractivity contribution is 8.36. The average Bonchev–Trinajstić information content (AvgIpc) is 2.55. The second-order valence-electron chi connectivity index (χ2n) is 7.51. The SMILES string of the molecule is COc1ccc2c(C#CS(C)(C)C)c(OC)ccc2c1C#CS(C)(C)C. The van der Waals surface area contributed by atoms with E-state index in [1.165, 1.54) is 0 Å². The van der Waals surface area contributed by atoms with Crippen molar-refractivity contribution < 1.29 is 9.47 Å². The van der Waals surface area contributed by atoms with Crippen LogP contribution in [0, 0.1) is 22.3 Å². The average molecular weight is 389 g/mol. The van der Waals surface area contributed by atoms with Crippen LogP contribution in [0.5, 0.6) is 11.5 Å². The van der Waals surface area contributed by atoms with E-state index in [4.69, 9.17) is 9.47 Å². The lowest BCUT2D eigenvalue weighted by atomic mass is 9.99. The van der Waals surface area contributed by atoms with E-state index in [9.17, 15) is 0 Å². The van der Waals surface area contributed by atoms with Gasteiger partial charge in [0.05, 0.1) is 25.3 Å². The summed E-state index contributed by atoms with van der Waals surface area (Å²) in [5, 5.41) is 8.90. The number of benzene rings is 2. The summed E-state index contributed by atoms with van der Waals surface area (Å²) >= 11 is 0. The van der Waals surface area contributed by atoms with E-state index in [1.807, 2.05) is 24.3 Å². The van der Waals surface area contributed by atoms with Crippen LogP contribution < -0.4 is 9.47 Å². The number of rotatable bonds is 2. The fourth-order valence-electron chi connectivity index (χ4n) is 2.37. The second kappa shape index (κ2) is 7.78. The van der Waals surface area contributed by atoms with Gasteiger partial charge in [-0.25, -0.2) is 0 Å². The Morgan fingerprint density at radius 1 is 0.615 bits per heavy atom. The molecule has 0 spiro atoms. The summed E-state index contributed by atoms with van der Waals surface area (Å²) in [5.74, 6) is 8.31. The summed E-state index contributed by atoms with van der Waals surface area (Å²) in [6.45, 7) is 0. The van der Waals surface area contributed by atoms with Gasteiger partial charge in [-0.05, 0) is 72.3 Å². The molecule has 2 aromatic rings. The fraction of sp³-hybridized carbons (Fsp3) is 0.364. The zero-order valence-corrected chi connectivity index (χ0v) is 18.6. The first-order valence-electron chi connectivity index (χ1n) is 8.15. The Balaban J connectivity index is 2.84. The van der Waals surface area contributed by atoms with Crippen molar-refractivity contribution in [2.75, 3.05) is 51.8 Å². The van der Waals surface area contributed by atoms with E-state index >= 15 is 0 Å². The van der Waals surface area contributed by atoms with Gasteiger partial charge in [-0.15, -0.1) is 0 Å². The molecule has 0 aliphatic carbocycles. The maximum Gasteiger partial charge on any atom is 0.135 e. The molecular weight excluding hydrogens is 360 g/mol. The van der Waals surface area contributed by atoms with Crippen molar-refractivity contribution in [1.29, 1.82) is 0 Å². The molecule has 0 atom stereocenters. The standard InChI is InChI=1S/C22H28O2S2/c1-23-21-11-9-18-17(19(21)13-15-25(3,4)5)10-12-22(24-2)20(18)14-16-26(6,7)8/h9-12H,1-8H3. The number of hydrogen-bond donors (Lipinski definition) is 0. The third kappa shape index (κ3) is 5.07. The van der Waals surface area contributed by atoms with E-state index in [-0.39, 0.29) is 0 Å². The van der Waals surface area contributed by atoms with E-state index < -0.39 is 20.1 Å². The molecule has 0 fully saturated rings. The molecule has 26 heavy (non-hydrogen) atoms. The molecule has 0 N–H and O–H groups in total. The van der Waals surface area contributed by atoms with Crippen molar-refractivity contribution >= 4 is 30.8 Å². The summed E-state index contributed by atoms with van der Waals surface area (Å²) < 4.78 is 11.1. The van der Waals surface area contributed by atoms with Crippen molar-refractivity contribution in [2.45, 2.75) is 0 Å². The first-order valence-corrected chi connectivity index (χ1v) is 13.9. The lowest BCUT2D eigenvalue weighted by Gasteiger charge is -2.17. The summed E-state index contributed by atoms with van der Waals surface area (Å²) in [4.78, 5) is 0. The molecule has 2 rings (SSSR count). The van der Waals surface area contributed by atoms with Crippen LogP contribution in [-0.2, 0) is 0 Å². The highest BCUT2D eigenvalue weighted by Gasteiger charge is 2.13. The first-order chi connectivity index (χ1) is 12.1. The Kier molecular flexibility index (Phi) is 6.12. The van der Waals surface area contributed by atoms with Gasteiger partial charge in [0.1, 0.15) is 11.5 Å². The van der Waals surface area contributed by atoms with E-state index in [0.717, 1.165) is 33.4 Å². The van der Waals surface area contributed by atoms with Crippen LogP contribution in [0.15, 0.2) is 24.3 Å². The van der Waals surface area contributed by atoms with Gasteiger partial charge in [-0.3, -0.25) is 0 Å². The number of methoxy groups -OCH3 is 2. The minimum absolute atomic E-state index is 0.791. The lowest BCUT2D eigenvalue weighted by molar-refractivity contribution is 0.413. The quantitative estimate of drug-likeness (QED) is 0.684. The van der Waals surface area contributed by atoms with Crippen LogP contribution in [0.2, 0.25) is 0 Å². The van der Waals surface area contributed by atoms with Gasteiger partial charge in [0.15, 0.2) is 0 Å². The molecule has 0 radical (unpaired) electrons. The number of fused-ring (bicyclic) bond motifs is 1. The van der Waals surface area contributed by atoms with Gasteiger partial charge in [0, 0.05) is 10.8 Å². The monoisotopic (exact) mass is 388 g/mol. The predicted octanol–water partition coefficient (Wildman–Crippen LogP) is 4.86. The molecule has 0 saturated carbocycles. The summed E-state index contributed by atoms with van der Waals surface area (Å²) in [6.07, 6.45) is 13.1. The van der Waals surface area contributed by atoms with E-state index in [2.05, 4.69) is 59.9 Å². The predicted molar refractivity (Wildman–Crippen MR) is 122 cm³/mol. The van der Waals surface area contributed by atoms with Crippen molar-refractivity contribution in [3.05, 3.63) is 35.4 Å². The maximum absolute atomic E-state index is 5.57. The molecule has 0 unspecified atom stereocenters. The molecule has 4 heteroatoms. The molecular formula is C22H28O2S2. The number of hydrogen-bond acceptors (Lipinski definition) is 2. The van der Waals surface area contributed by atoms with Gasteiger partial charge in [0.2, 0.25) is 0 Å². The van der Waals surface area contributed by atoms with E-state index in [0.29, 0.717) is 0 Å². The Bertz CT molecular complexity index is 861. The summed E-state index contributed by atoms with van der Waals surface area (Å²) in [6, 6.07) is 8.04. The summed E-state index contributed by atoms with van der Waals surface area (Å²) in [7, 11) is 1.50. The molecule has 0 bridgehead atoms. The van der Waals surface area contributed by atoms with Gasteiger partial charge in [0.25, 0.3) is 0 Å². The first kappa shape index (κ1) is 20.4. The van der Waals surface area contributed by atoms with Crippen LogP contribution in [0.3, 0.4) is 0 Å². The van der Waals surface area contributed by atoms with Crippen LogP contribution in [-0.4, -0.2) is 51.8 Å². The minimum Gasteiger partial charge on any atom is -0.495 e. The van der Waals surface area contributed by atoms with Crippen molar-refractivity contribution in [3.8, 4) is 33.8 Å². The molecule has 0 amide bonds. The highest BCUT2D eigenvalue weighted by atomic mass is 32.3. The molecule has 2 nitrogen and oxygen atoms in total. The van der Waals surface area contributed by atoms with Gasteiger partial charge in [-0.2, -0.15) is 20.1 Å². The molecule has 0 aliphatic rings. The third-order valence-electron chi connectivity index (χ3n) is 3.53. The van der Waals surface area contributed by atoms with Crippen LogP contribution in [0.25, 0.3) is 10.8 Å². The molecule has 140 valence electrons. The molecule has 0 aliphatic heterocycles. The third-order valence-corrected chi connectivity index (χ3v) is 4.96. The zero-order valence-electron chi connectivity index (χ0n) is 16.9. The highest BCUT2D eigenvalue weighted by Crippen LogP contribution is 2.37. The smallest absolute Gasteiger partial charge is 0.135 e. The Labute approximate surface area is 161 Å².